The summed E-state index contributed by atoms with van der Waals surface area (Å²) < 4.78 is 2.29. The molecule has 1 N–H and O–H groups in total. The maximum atomic E-state index is 10.5. The minimum atomic E-state index is 0.485. The van der Waals surface area contributed by atoms with Crippen molar-refractivity contribution in [1.82, 2.24) is 9.55 Å². The van der Waals surface area contributed by atoms with Crippen LogP contribution in [-0.4, -0.2) is 15.8 Å². The number of carbonyl (C=O) groups is 1. The molecule has 0 spiro atoms. The number of aldehydes is 1. The van der Waals surface area contributed by atoms with Gasteiger partial charge in [0, 0.05) is 11.9 Å². The number of aromatic nitrogens is 2. The second-order valence-corrected chi connectivity index (χ2v) is 3.22. The first kappa shape index (κ1) is 8.90. The molecule has 2 rings (SSSR count). The fourth-order valence-corrected chi connectivity index (χ4v) is 1.53. The van der Waals surface area contributed by atoms with Gasteiger partial charge in [-0.1, -0.05) is 18.2 Å². The Bertz CT molecular complexity index is 498. The van der Waals surface area contributed by atoms with E-state index in [2.05, 4.69) is 4.98 Å². The number of aromatic amines is 1. The predicted molar refractivity (Wildman–Crippen MR) is 56.3 cm³/mol. The number of nitrogens with one attached hydrogen (secondary N) is 1. The normalized spacial score (nSPS) is 10.0. The van der Waals surface area contributed by atoms with E-state index < -0.39 is 0 Å². The van der Waals surface area contributed by atoms with Crippen LogP contribution < -0.4 is 0 Å². The first-order valence-electron chi connectivity index (χ1n) is 4.13. The number of carbonyl (C=O) groups excluding carboxylic acids is 1. The molecule has 0 saturated heterocycles. The van der Waals surface area contributed by atoms with Crippen LogP contribution in [0.5, 0.6) is 0 Å². The zero-order chi connectivity index (χ0) is 9.97. The van der Waals surface area contributed by atoms with Crippen LogP contribution in [0.25, 0.3) is 5.69 Å². The maximum absolute atomic E-state index is 10.5. The van der Waals surface area contributed by atoms with Gasteiger partial charge in [0.25, 0.3) is 0 Å². The molecule has 0 saturated carbocycles. The monoisotopic (exact) mass is 204 g/mol. The van der Waals surface area contributed by atoms with Gasteiger partial charge in [-0.05, 0) is 24.4 Å². The van der Waals surface area contributed by atoms with Crippen molar-refractivity contribution in [1.29, 1.82) is 0 Å². The summed E-state index contributed by atoms with van der Waals surface area (Å²) in [6.07, 6.45) is 2.43. The highest BCUT2D eigenvalue weighted by Crippen LogP contribution is 2.08. The number of H-pyrrole nitrogens is 1. The van der Waals surface area contributed by atoms with Crippen LogP contribution >= 0.6 is 12.2 Å². The number of para-hydroxylation sites is 1. The second kappa shape index (κ2) is 3.59. The van der Waals surface area contributed by atoms with Crippen molar-refractivity contribution in [2.45, 2.75) is 0 Å². The largest absolute Gasteiger partial charge is 0.328 e. The molecule has 0 unspecified atom stereocenters. The molecule has 3 nitrogen and oxygen atoms in total. The summed E-state index contributed by atoms with van der Waals surface area (Å²) in [4.78, 5) is 13.3. The molecule has 0 aliphatic rings. The molecule has 4 heteroatoms. The number of hydrogen-bond donors (Lipinski definition) is 1. The van der Waals surface area contributed by atoms with Gasteiger partial charge < -0.3 is 4.98 Å². The van der Waals surface area contributed by atoms with E-state index in [0.29, 0.717) is 10.5 Å². The van der Waals surface area contributed by atoms with Crippen molar-refractivity contribution in [3.8, 4) is 5.69 Å². The Morgan fingerprint density at radius 3 is 2.57 bits per heavy atom. The Kier molecular flexibility index (Phi) is 2.28. The molecule has 0 amide bonds. The van der Waals surface area contributed by atoms with E-state index >= 15 is 0 Å². The lowest BCUT2D eigenvalue weighted by Crippen LogP contribution is -1.90. The van der Waals surface area contributed by atoms with E-state index in [1.807, 2.05) is 30.3 Å². The number of rotatable bonds is 2. The minimum Gasteiger partial charge on any atom is -0.328 e. The first-order chi connectivity index (χ1) is 6.81. The molecule has 0 aliphatic carbocycles. The Morgan fingerprint density at radius 2 is 2.00 bits per heavy atom. The molecule has 1 aromatic heterocycles. The molecule has 0 atom stereocenters. The standard InChI is InChI=1S/C10H8N2OS/c13-7-8-6-12(10(14)11-8)9-4-2-1-3-5-9/h1-7H,(H,11,14). The molecule has 70 valence electrons. The highest BCUT2D eigenvalue weighted by atomic mass is 32.1. The van der Waals surface area contributed by atoms with Crippen molar-refractivity contribution in [2.24, 2.45) is 0 Å². The first-order valence-corrected chi connectivity index (χ1v) is 4.54. The number of hydrogen-bond acceptors (Lipinski definition) is 2. The highest BCUT2D eigenvalue weighted by molar-refractivity contribution is 7.71. The van der Waals surface area contributed by atoms with Gasteiger partial charge in [-0.3, -0.25) is 9.36 Å². The topological polar surface area (TPSA) is 37.8 Å². The third kappa shape index (κ3) is 1.52. The van der Waals surface area contributed by atoms with Gasteiger partial charge in [0.15, 0.2) is 11.1 Å². The lowest BCUT2D eigenvalue weighted by atomic mass is 10.3. The average molecular weight is 204 g/mol. The summed E-state index contributed by atoms with van der Waals surface area (Å²) in [6.45, 7) is 0. The Hall–Kier alpha value is -1.68. The Balaban J connectivity index is 2.57. The lowest BCUT2D eigenvalue weighted by molar-refractivity contribution is 0.111. The van der Waals surface area contributed by atoms with Crippen LogP contribution in [0.15, 0.2) is 36.5 Å². The molecule has 0 radical (unpaired) electrons. The number of benzene rings is 1. The van der Waals surface area contributed by atoms with Crippen molar-refractivity contribution in [3.05, 3.63) is 47.0 Å². The third-order valence-corrected chi connectivity index (χ3v) is 2.20. The molecule has 0 aliphatic heterocycles. The van der Waals surface area contributed by atoms with Crippen molar-refractivity contribution in [2.75, 3.05) is 0 Å². The molecule has 1 heterocycles. The van der Waals surface area contributed by atoms with Crippen LogP contribution in [0.4, 0.5) is 0 Å². The zero-order valence-corrected chi connectivity index (χ0v) is 8.12. The summed E-state index contributed by atoms with van der Waals surface area (Å²) >= 11 is 5.07. The van der Waals surface area contributed by atoms with Gasteiger partial charge in [0.1, 0.15) is 0 Å². The van der Waals surface area contributed by atoms with E-state index in [1.54, 1.807) is 10.8 Å². The van der Waals surface area contributed by atoms with Crippen LogP contribution in [-0.2, 0) is 0 Å². The maximum Gasteiger partial charge on any atom is 0.182 e. The molecule has 0 bridgehead atoms. The van der Waals surface area contributed by atoms with E-state index in [4.69, 9.17) is 12.2 Å². The number of nitrogens with zero attached hydrogens (tertiary/aromatic N) is 1. The molecular formula is C10H8N2OS. The lowest BCUT2D eigenvalue weighted by Gasteiger charge is -1.99. The van der Waals surface area contributed by atoms with Crippen molar-refractivity contribution in [3.63, 3.8) is 0 Å². The fourth-order valence-electron chi connectivity index (χ4n) is 1.25. The van der Waals surface area contributed by atoms with E-state index in [9.17, 15) is 4.79 Å². The average Bonchev–Trinajstić information content (AvgIpc) is 2.61. The van der Waals surface area contributed by atoms with E-state index in [0.717, 1.165) is 12.0 Å². The smallest absolute Gasteiger partial charge is 0.182 e. The van der Waals surface area contributed by atoms with Gasteiger partial charge in [-0.15, -0.1) is 0 Å². The van der Waals surface area contributed by atoms with Crippen LogP contribution in [0.3, 0.4) is 0 Å². The third-order valence-electron chi connectivity index (χ3n) is 1.90. The van der Waals surface area contributed by atoms with Gasteiger partial charge >= 0.3 is 0 Å². The van der Waals surface area contributed by atoms with Gasteiger partial charge in [-0.25, -0.2) is 0 Å². The van der Waals surface area contributed by atoms with Gasteiger partial charge in [0.2, 0.25) is 0 Å². The summed E-state index contributed by atoms with van der Waals surface area (Å²) in [7, 11) is 0. The van der Waals surface area contributed by atoms with Gasteiger partial charge in [0.05, 0.1) is 5.69 Å². The predicted octanol–water partition coefficient (Wildman–Crippen LogP) is 2.35. The van der Waals surface area contributed by atoms with Crippen LogP contribution in [0.2, 0.25) is 0 Å². The van der Waals surface area contributed by atoms with Crippen molar-refractivity contribution < 1.29 is 4.79 Å². The zero-order valence-electron chi connectivity index (χ0n) is 7.31. The van der Waals surface area contributed by atoms with E-state index in [-0.39, 0.29) is 0 Å². The van der Waals surface area contributed by atoms with E-state index in [1.165, 1.54) is 0 Å². The van der Waals surface area contributed by atoms with Crippen LogP contribution in [0, 0.1) is 4.77 Å². The summed E-state index contributed by atoms with van der Waals surface area (Å²) in [5, 5.41) is 0. The summed E-state index contributed by atoms with van der Waals surface area (Å²) in [5.41, 5.74) is 1.43. The summed E-state index contributed by atoms with van der Waals surface area (Å²) in [5.74, 6) is 0. The van der Waals surface area contributed by atoms with Crippen LogP contribution in [0.1, 0.15) is 10.5 Å². The fraction of sp³-hybridized carbons (Fsp3) is 0. The second-order valence-electron chi connectivity index (χ2n) is 2.84. The van der Waals surface area contributed by atoms with Gasteiger partial charge in [-0.2, -0.15) is 0 Å². The SMILES string of the molecule is O=Cc1cn(-c2ccccc2)c(=S)[nH]1. The Labute approximate surface area is 86.0 Å². The molecule has 2 aromatic rings. The molecular weight excluding hydrogens is 196 g/mol. The highest BCUT2D eigenvalue weighted by Gasteiger charge is 2.00. The quantitative estimate of drug-likeness (QED) is 0.602. The molecule has 0 fully saturated rings. The molecule has 1 aromatic carbocycles. The number of imidazole rings is 1. The van der Waals surface area contributed by atoms with Crippen molar-refractivity contribution >= 4 is 18.5 Å². The summed E-state index contributed by atoms with van der Waals surface area (Å²) in [6, 6.07) is 9.63. The minimum absolute atomic E-state index is 0.485. The molecule has 14 heavy (non-hydrogen) atoms. The Morgan fingerprint density at radius 1 is 1.29 bits per heavy atom.